The van der Waals surface area contributed by atoms with E-state index in [2.05, 4.69) is 132 Å². The van der Waals surface area contributed by atoms with Gasteiger partial charge in [0.2, 0.25) is 0 Å². The molecule has 5 aromatic rings. The predicted octanol–water partition coefficient (Wildman–Crippen LogP) is 10.9. The van der Waals surface area contributed by atoms with Crippen LogP contribution in [0, 0.1) is 23.7 Å². The molecule has 5 aliphatic rings. The zero-order chi connectivity index (χ0) is 27.7. The van der Waals surface area contributed by atoms with Gasteiger partial charge in [0.1, 0.15) is 0 Å². The SMILES string of the molecule is c1ccc(-c2ccc(N(c3ccccc3)c3cccc4c3C3(c5ccccc5-4)C4CCC5CC(C4)CC3C5)cc2)cc1. The third-order valence-electron chi connectivity index (χ3n) is 11.3. The molecule has 0 N–H and O–H groups in total. The Hall–Kier alpha value is -4.10. The van der Waals surface area contributed by atoms with Crippen LogP contribution in [0.2, 0.25) is 0 Å². The fourth-order valence-corrected chi connectivity index (χ4v) is 9.95. The quantitative estimate of drug-likeness (QED) is 0.218. The number of hydrogen-bond donors (Lipinski definition) is 0. The first-order chi connectivity index (χ1) is 20.8. The molecule has 0 aromatic heterocycles. The van der Waals surface area contributed by atoms with Crippen LogP contribution in [0.25, 0.3) is 22.3 Å². The second kappa shape index (κ2) is 9.46. The molecule has 0 amide bonds. The van der Waals surface area contributed by atoms with Gasteiger partial charge in [-0.05, 0) is 119 Å². The van der Waals surface area contributed by atoms with Crippen molar-refractivity contribution in [2.45, 2.75) is 43.9 Å². The minimum atomic E-state index is 0.102. The second-order valence-corrected chi connectivity index (χ2v) is 13.3. The van der Waals surface area contributed by atoms with Crippen molar-refractivity contribution in [2.75, 3.05) is 4.90 Å². The van der Waals surface area contributed by atoms with Gasteiger partial charge in [-0.15, -0.1) is 0 Å². The van der Waals surface area contributed by atoms with Gasteiger partial charge >= 0.3 is 0 Å². The molecular formula is C41H37N. The maximum atomic E-state index is 2.56. The maximum Gasteiger partial charge on any atom is 0.0509 e. The van der Waals surface area contributed by atoms with Crippen molar-refractivity contribution >= 4 is 17.1 Å². The van der Waals surface area contributed by atoms with Crippen molar-refractivity contribution in [3.05, 3.63) is 139 Å². The van der Waals surface area contributed by atoms with Crippen molar-refractivity contribution in [3.63, 3.8) is 0 Å². The van der Waals surface area contributed by atoms with E-state index in [1.807, 2.05) is 0 Å². The third kappa shape index (κ3) is 3.49. The minimum Gasteiger partial charge on any atom is -0.310 e. The number of anilines is 3. The number of benzene rings is 5. The molecule has 5 aliphatic carbocycles. The van der Waals surface area contributed by atoms with Crippen LogP contribution in [-0.2, 0) is 5.41 Å². The number of nitrogens with zero attached hydrogens (tertiary/aromatic N) is 1. The summed E-state index contributed by atoms with van der Waals surface area (Å²) >= 11 is 0. The summed E-state index contributed by atoms with van der Waals surface area (Å²) in [6.07, 6.45) is 8.45. The molecule has 0 radical (unpaired) electrons. The van der Waals surface area contributed by atoms with E-state index in [0.29, 0.717) is 0 Å². The Kier molecular flexibility index (Phi) is 5.52. The summed E-state index contributed by atoms with van der Waals surface area (Å²) < 4.78 is 0. The van der Waals surface area contributed by atoms with Crippen molar-refractivity contribution in [2.24, 2.45) is 23.7 Å². The Labute approximate surface area is 249 Å². The molecular weight excluding hydrogens is 506 g/mol. The Bertz CT molecular complexity index is 1740. The summed E-state index contributed by atoms with van der Waals surface area (Å²) in [6, 6.07) is 47.7. The summed E-state index contributed by atoms with van der Waals surface area (Å²) in [5.74, 6) is 3.28. The van der Waals surface area contributed by atoms with Gasteiger partial charge in [-0.25, -0.2) is 0 Å². The van der Waals surface area contributed by atoms with Gasteiger partial charge in [0.05, 0.1) is 5.69 Å². The van der Waals surface area contributed by atoms with Gasteiger partial charge < -0.3 is 4.90 Å². The average Bonchev–Trinajstić information content (AvgIpc) is 3.20. The molecule has 1 nitrogen and oxygen atoms in total. The summed E-state index contributed by atoms with van der Waals surface area (Å²) in [6.45, 7) is 0. The van der Waals surface area contributed by atoms with Gasteiger partial charge in [-0.1, -0.05) is 103 Å². The highest BCUT2D eigenvalue weighted by Gasteiger charge is 2.60. The van der Waals surface area contributed by atoms with Crippen LogP contribution in [0.15, 0.2) is 127 Å². The van der Waals surface area contributed by atoms with Crippen molar-refractivity contribution in [1.82, 2.24) is 0 Å². The number of rotatable bonds is 4. The Balaban J connectivity index is 1.28. The topological polar surface area (TPSA) is 3.24 Å². The first-order valence-corrected chi connectivity index (χ1v) is 16.0. The lowest BCUT2D eigenvalue weighted by Gasteiger charge is -2.53. The number of hydrogen-bond acceptors (Lipinski definition) is 1. The van der Waals surface area contributed by atoms with Crippen LogP contribution in [0.3, 0.4) is 0 Å². The van der Waals surface area contributed by atoms with Gasteiger partial charge in [0, 0.05) is 16.8 Å². The lowest BCUT2D eigenvalue weighted by Crippen LogP contribution is -2.48. The van der Waals surface area contributed by atoms with E-state index < -0.39 is 0 Å². The first-order valence-electron chi connectivity index (χ1n) is 16.0. The first kappa shape index (κ1) is 24.5. The highest BCUT2D eigenvalue weighted by molar-refractivity contribution is 5.91. The summed E-state index contributed by atoms with van der Waals surface area (Å²) in [4.78, 5) is 2.56. The molecule has 1 spiro atoms. The number of fused-ring (bicyclic) bond motifs is 4. The largest absolute Gasteiger partial charge is 0.310 e. The number of para-hydroxylation sites is 1. The molecule has 4 bridgehead atoms. The summed E-state index contributed by atoms with van der Waals surface area (Å²) in [7, 11) is 0. The zero-order valence-electron chi connectivity index (χ0n) is 24.1. The summed E-state index contributed by atoms with van der Waals surface area (Å²) in [5, 5.41) is 0. The average molecular weight is 544 g/mol. The summed E-state index contributed by atoms with van der Waals surface area (Å²) in [5.41, 5.74) is 12.6. The Morgan fingerprint density at radius 3 is 1.95 bits per heavy atom. The smallest absolute Gasteiger partial charge is 0.0509 e. The fourth-order valence-electron chi connectivity index (χ4n) is 9.95. The van der Waals surface area contributed by atoms with E-state index in [0.717, 1.165) is 23.7 Å². The van der Waals surface area contributed by atoms with Gasteiger partial charge in [-0.3, -0.25) is 0 Å². The van der Waals surface area contributed by atoms with Gasteiger partial charge in [0.15, 0.2) is 0 Å². The van der Waals surface area contributed by atoms with Crippen LogP contribution < -0.4 is 4.90 Å². The second-order valence-electron chi connectivity index (χ2n) is 13.3. The highest BCUT2D eigenvalue weighted by Crippen LogP contribution is 2.69. The molecule has 42 heavy (non-hydrogen) atoms. The molecule has 4 saturated carbocycles. The van der Waals surface area contributed by atoms with E-state index in [-0.39, 0.29) is 5.41 Å². The molecule has 5 aromatic carbocycles. The molecule has 206 valence electrons. The standard InChI is InChI=1S/C41H37N/c1-3-10-30(11-4-1)31-19-22-35(23-20-31)42(34-12-5-2-6-13-34)39-17-9-15-37-36-14-7-8-16-38(36)41(40(37)39)32-21-18-28-24-29(26-32)27-33(41)25-28/h1-17,19-20,22-23,28-29,32-33H,18,21,24-27H2. The van der Waals surface area contributed by atoms with Crippen LogP contribution >= 0.6 is 0 Å². The fraction of sp³-hybridized carbons (Fsp3) is 0.268. The van der Waals surface area contributed by atoms with Crippen LogP contribution in [-0.4, -0.2) is 0 Å². The highest BCUT2D eigenvalue weighted by atomic mass is 15.1. The minimum absolute atomic E-state index is 0.102. The predicted molar refractivity (Wildman–Crippen MR) is 174 cm³/mol. The van der Waals surface area contributed by atoms with Crippen molar-refractivity contribution < 1.29 is 0 Å². The monoisotopic (exact) mass is 543 g/mol. The molecule has 0 aliphatic heterocycles. The molecule has 5 atom stereocenters. The van der Waals surface area contributed by atoms with Gasteiger partial charge in [0.25, 0.3) is 0 Å². The van der Waals surface area contributed by atoms with E-state index in [4.69, 9.17) is 0 Å². The normalized spacial score (nSPS) is 26.6. The molecule has 4 fully saturated rings. The van der Waals surface area contributed by atoms with Crippen LogP contribution in [0.1, 0.15) is 49.7 Å². The molecule has 0 saturated heterocycles. The van der Waals surface area contributed by atoms with Crippen LogP contribution in [0.5, 0.6) is 0 Å². The van der Waals surface area contributed by atoms with E-state index in [1.54, 1.807) is 11.1 Å². The van der Waals surface area contributed by atoms with Crippen molar-refractivity contribution in [1.29, 1.82) is 0 Å². The third-order valence-corrected chi connectivity index (χ3v) is 11.3. The van der Waals surface area contributed by atoms with Gasteiger partial charge in [-0.2, -0.15) is 0 Å². The van der Waals surface area contributed by atoms with Crippen LogP contribution in [0.4, 0.5) is 17.1 Å². The molecule has 10 rings (SSSR count). The van der Waals surface area contributed by atoms with Crippen molar-refractivity contribution in [3.8, 4) is 22.3 Å². The molecule has 5 unspecified atom stereocenters. The maximum absolute atomic E-state index is 2.56. The molecule has 0 heterocycles. The lowest BCUT2D eigenvalue weighted by atomic mass is 9.50. The zero-order valence-corrected chi connectivity index (χ0v) is 24.1. The Morgan fingerprint density at radius 2 is 1.12 bits per heavy atom. The van der Waals surface area contributed by atoms with E-state index in [9.17, 15) is 0 Å². The Morgan fingerprint density at radius 1 is 0.476 bits per heavy atom. The van der Waals surface area contributed by atoms with E-state index in [1.165, 1.54) is 77.8 Å². The van der Waals surface area contributed by atoms with E-state index >= 15 is 0 Å². The molecule has 1 heteroatoms. The lowest BCUT2D eigenvalue weighted by molar-refractivity contribution is 0.0621.